The molecule has 0 bridgehead atoms. The Morgan fingerprint density at radius 1 is 1.25 bits per heavy atom. The SMILES string of the molecule is O=C(O)[C@H]1CCN(C(=O)[C@H]2COc3ccccc3O2)C1. The van der Waals surface area contributed by atoms with E-state index >= 15 is 0 Å². The molecule has 2 aliphatic rings. The van der Waals surface area contributed by atoms with E-state index in [9.17, 15) is 9.59 Å². The molecule has 1 aromatic rings. The normalized spacial score (nSPS) is 24.5. The van der Waals surface area contributed by atoms with Crippen LogP contribution in [0, 0.1) is 5.92 Å². The summed E-state index contributed by atoms with van der Waals surface area (Å²) in [6.07, 6.45) is -0.206. The summed E-state index contributed by atoms with van der Waals surface area (Å²) in [5.74, 6) is -0.363. The lowest BCUT2D eigenvalue weighted by Crippen LogP contribution is -2.45. The summed E-state index contributed by atoms with van der Waals surface area (Å²) in [6.45, 7) is 0.858. The van der Waals surface area contributed by atoms with Crippen LogP contribution in [0.1, 0.15) is 6.42 Å². The zero-order valence-electron chi connectivity index (χ0n) is 10.8. The van der Waals surface area contributed by atoms with Crippen LogP contribution in [0.3, 0.4) is 0 Å². The Bertz CT molecular complexity index is 544. The fourth-order valence-corrected chi connectivity index (χ4v) is 2.51. The molecule has 3 rings (SSSR count). The zero-order valence-corrected chi connectivity index (χ0v) is 10.8. The van der Waals surface area contributed by atoms with Gasteiger partial charge >= 0.3 is 5.97 Å². The maximum atomic E-state index is 12.3. The molecule has 1 amide bonds. The van der Waals surface area contributed by atoms with Crippen molar-refractivity contribution in [2.24, 2.45) is 5.92 Å². The number of hydrogen-bond donors (Lipinski definition) is 1. The van der Waals surface area contributed by atoms with E-state index in [-0.39, 0.29) is 19.1 Å². The highest BCUT2D eigenvalue weighted by Gasteiger charge is 2.36. The number of aliphatic carboxylic acids is 1. The van der Waals surface area contributed by atoms with Gasteiger partial charge in [0.1, 0.15) is 6.61 Å². The van der Waals surface area contributed by atoms with Crippen LogP contribution in [0.2, 0.25) is 0 Å². The Morgan fingerprint density at radius 2 is 2.00 bits per heavy atom. The second-order valence-corrected chi connectivity index (χ2v) is 4.97. The van der Waals surface area contributed by atoms with Crippen molar-refractivity contribution < 1.29 is 24.2 Å². The zero-order chi connectivity index (χ0) is 14.1. The van der Waals surface area contributed by atoms with E-state index in [2.05, 4.69) is 0 Å². The summed E-state index contributed by atoms with van der Waals surface area (Å²) < 4.78 is 11.1. The molecule has 2 atom stereocenters. The second-order valence-electron chi connectivity index (χ2n) is 4.97. The molecule has 0 aliphatic carbocycles. The number of para-hydroxylation sites is 2. The average molecular weight is 277 g/mol. The van der Waals surface area contributed by atoms with Gasteiger partial charge in [-0.3, -0.25) is 9.59 Å². The molecule has 0 spiro atoms. The fraction of sp³-hybridized carbons (Fsp3) is 0.429. The van der Waals surface area contributed by atoms with E-state index in [1.165, 1.54) is 0 Å². The Kier molecular flexibility index (Phi) is 3.22. The van der Waals surface area contributed by atoms with E-state index in [0.29, 0.717) is 24.5 Å². The quantitative estimate of drug-likeness (QED) is 0.863. The molecule has 0 saturated carbocycles. The first-order valence-electron chi connectivity index (χ1n) is 6.55. The third-order valence-electron chi connectivity index (χ3n) is 3.63. The molecule has 2 heterocycles. The predicted molar refractivity (Wildman–Crippen MR) is 68.7 cm³/mol. The molecule has 0 radical (unpaired) electrons. The molecule has 1 aromatic carbocycles. The van der Waals surface area contributed by atoms with Gasteiger partial charge in [-0.2, -0.15) is 0 Å². The second kappa shape index (κ2) is 5.03. The summed E-state index contributed by atoms with van der Waals surface area (Å²) >= 11 is 0. The summed E-state index contributed by atoms with van der Waals surface area (Å²) in [7, 11) is 0. The van der Waals surface area contributed by atoms with Gasteiger partial charge in [0.25, 0.3) is 5.91 Å². The van der Waals surface area contributed by atoms with Crippen LogP contribution in [-0.4, -0.2) is 47.7 Å². The highest BCUT2D eigenvalue weighted by Crippen LogP contribution is 2.31. The number of fused-ring (bicyclic) bond motifs is 1. The molecule has 0 aromatic heterocycles. The molecule has 2 aliphatic heterocycles. The lowest BCUT2D eigenvalue weighted by atomic mass is 10.1. The first-order chi connectivity index (χ1) is 9.65. The molecule has 1 fully saturated rings. The van der Waals surface area contributed by atoms with Crippen LogP contribution in [0.5, 0.6) is 11.5 Å². The Labute approximate surface area is 115 Å². The van der Waals surface area contributed by atoms with E-state index in [1.807, 2.05) is 12.1 Å². The largest absolute Gasteiger partial charge is 0.485 e. The van der Waals surface area contributed by atoms with Gasteiger partial charge in [-0.15, -0.1) is 0 Å². The number of carboxylic acid groups (broad SMARTS) is 1. The third-order valence-corrected chi connectivity index (χ3v) is 3.63. The van der Waals surface area contributed by atoms with E-state index in [1.54, 1.807) is 17.0 Å². The summed E-state index contributed by atoms with van der Waals surface area (Å²) in [4.78, 5) is 24.8. The molecule has 0 unspecified atom stereocenters. The molecule has 1 N–H and O–H groups in total. The maximum Gasteiger partial charge on any atom is 0.308 e. The average Bonchev–Trinajstić information content (AvgIpc) is 2.96. The standard InChI is InChI=1S/C14H15NO5/c16-13(15-6-5-9(7-15)14(17)18)12-8-19-10-3-1-2-4-11(10)20-12/h1-4,9,12H,5-8H2,(H,17,18)/t9-,12+/m0/s1. The van der Waals surface area contributed by atoms with Crippen LogP contribution in [0.25, 0.3) is 0 Å². The van der Waals surface area contributed by atoms with Gasteiger partial charge in [0.2, 0.25) is 6.10 Å². The number of nitrogens with zero attached hydrogens (tertiary/aromatic N) is 1. The van der Waals surface area contributed by atoms with Crippen molar-refractivity contribution in [2.45, 2.75) is 12.5 Å². The summed E-state index contributed by atoms with van der Waals surface area (Å²) in [5.41, 5.74) is 0. The highest BCUT2D eigenvalue weighted by atomic mass is 16.6. The van der Waals surface area contributed by atoms with Gasteiger partial charge in [-0.05, 0) is 18.6 Å². The Morgan fingerprint density at radius 3 is 2.70 bits per heavy atom. The number of hydrogen-bond acceptors (Lipinski definition) is 4. The van der Waals surface area contributed by atoms with Gasteiger partial charge < -0.3 is 19.5 Å². The van der Waals surface area contributed by atoms with Crippen molar-refractivity contribution in [1.82, 2.24) is 4.90 Å². The van der Waals surface area contributed by atoms with Gasteiger partial charge in [-0.25, -0.2) is 0 Å². The minimum Gasteiger partial charge on any atom is -0.485 e. The smallest absolute Gasteiger partial charge is 0.308 e. The van der Waals surface area contributed by atoms with Crippen LogP contribution in [0.4, 0.5) is 0 Å². The number of amides is 1. The lowest BCUT2D eigenvalue weighted by molar-refractivity contribution is -0.142. The van der Waals surface area contributed by atoms with E-state index in [4.69, 9.17) is 14.6 Å². The summed E-state index contributed by atoms with van der Waals surface area (Å²) in [5, 5.41) is 8.96. The first kappa shape index (κ1) is 12.8. The molecule has 1 saturated heterocycles. The summed E-state index contributed by atoms with van der Waals surface area (Å²) in [6, 6.07) is 7.18. The van der Waals surface area contributed by atoms with Crippen LogP contribution < -0.4 is 9.47 Å². The van der Waals surface area contributed by atoms with Crippen molar-refractivity contribution in [2.75, 3.05) is 19.7 Å². The van der Waals surface area contributed by atoms with E-state index < -0.39 is 18.0 Å². The maximum absolute atomic E-state index is 12.3. The molecule has 106 valence electrons. The van der Waals surface area contributed by atoms with E-state index in [0.717, 1.165) is 0 Å². The third kappa shape index (κ3) is 2.29. The number of carbonyl (C=O) groups is 2. The topological polar surface area (TPSA) is 76.1 Å². The number of ether oxygens (including phenoxy) is 2. The minimum absolute atomic E-state index is 0.157. The number of carbonyl (C=O) groups excluding carboxylic acids is 1. The van der Waals surface area contributed by atoms with Crippen molar-refractivity contribution in [1.29, 1.82) is 0 Å². The van der Waals surface area contributed by atoms with Gasteiger partial charge in [-0.1, -0.05) is 12.1 Å². The first-order valence-corrected chi connectivity index (χ1v) is 6.55. The van der Waals surface area contributed by atoms with Crippen LogP contribution in [-0.2, 0) is 9.59 Å². The molecule has 6 nitrogen and oxygen atoms in total. The number of likely N-dealkylation sites (tertiary alicyclic amines) is 1. The number of carboxylic acids is 1. The van der Waals surface area contributed by atoms with Crippen molar-refractivity contribution in [3.63, 3.8) is 0 Å². The Balaban J connectivity index is 1.66. The highest BCUT2D eigenvalue weighted by molar-refractivity contribution is 5.83. The van der Waals surface area contributed by atoms with Crippen molar-refractivity contribution in [3.05, 3.63) is 24.3 Å². The molecule has 6 heteroatoms. The van der Waals surface area contributed by atoms with Crippen LogP contribution >= 0.6 is 0 Å². The Hall–Kier alpha value is -2.24. The number of benzene rings is 1. The van der Waals surface area contributed by atoms with Crippen molar-refractivity contribution in [3.8, 4) is 11.5 Å². The minimum atomic E-state index is -0.855. The monoisotopic (exact) mass is 277 g/mol. The van der Waals surface area contributed by atoms with Crippen LogP contribution in [0.15, 0.2) is 24.3 Å². The predicted octanol–water partition coefficient (Wildman–Crippen LogP) is 0.759. The molecular weight excluding hydrogens is 262 g/mol. The molecular formula is C14H15NO5. The number of rotatable bonds is 2. The van der Waals surface area contributed by atoms with Gasteiger partial charge in [0.15, 0.2) is 11.5 Å². The van der Waals surface area contributed by atoms with Gasteiger partial charge in [0.05, 0.1) is 5.92 Å². The van der Waals surface area contributed by atoms with Crippen molar-refractivity contribution >= 4 is 11.9 Å². The fourth-order valence-electron chi connectivity index (χ4n) is 2.51. The van der Waals surface area contributed by atoms with Gasteiger partial charge in [0, 0.05) is 13.1 Å². The lowest BCUT2D eigenvalue weighted by Gasteiger charge is -2.28. The molecule has 20 heavy (non-hydrogen) atoms.